The van der Waals surface area contributed by atoms with Gasteiger partial charge in [0.05, 0.1) is 18.8 Å². The minimum Gasteiger partial charge on any atom is -0.480 e. The van der Waals surface area contributed by atoms with Gasteiger partial charge in [-0.05, 0) is 63.0 Å². The fourth-order valence-electron chi connectivity index (χ4n) is 3.46. The van der Waals surface area contributed by atoms with E-state index in [1.54, 1.807) is 17.4 Å². The highest BCUT2D eigenvalue weighted by atomic mass is 32.1. The van der Waals surface area contributed by atoms with E-state index >= 15 is 0 Å². The Balaban J connectivity index is 1.74. The van der Waals surface area contributed by atoms with Gasteiger partial charge in [-0.25, -0.2) is 4.79 Å². The molecule has 1 saturated carbocycles. The van der Waals surface area contributed by atoms with Crippen LogP contribution in [0.25, 0.3) is 0 Å². The maximum Gasteiger partial charge on any atom is 0.329 e. The molecule has 0 saturated heterocycles. The minimum atomic E-state index is -0.979. The van der Waals surface area contributed by atoms with Crippen LogP contribution in [0.15, 0.2) is 36.4 Å². The van der Waals surface area contributed by atoms with Gasteiger partial charge in [0, 0.05) is 9.75 Å². The number of aryl methyl sites for hydroxylation is 2. The molecule has 0 aromatic carbocycles. The number of hydrogen-bond acceptors (Lipinski definition) is 5. The molecule has 6 heteroatoms. The average Bonchev–Trinajstić information content (AvgIpc) is 3.20. The largest absolute Gasteiger partial charge is 0.480 e. The highest BCUT2D eigenvalue weighted by molar-refractivity contribution is 7.11. The quantitative estimate of drug-likeness (QED) is 0.396. The van der Waals surface area contributed by atoms with Crippen LogP contribution in [0.2, 0.25) is 0 Å². The Kier molecular flexibility index (Phi) is 9.21. The molecule has 0 aliphatic heterocycles. The summed E-state index contributed by atoms with van der Waals surface area (Å²) in [4.78, 5) is 13.0. The maximum atomic E-state index is 10.4. The van der Waals surface area contributed by atoms with Crippen LogP contribution in [0.1, 0.15) is 35.4 Å². The number of carboxylic acid groups (broad SMARTS) is 1. The number of carbonyl (C=O) groups is 1. The molecule has 3 N–H and O–H groups in total. The molecule has 27 heavy (non-hydrogen) atoms. The summed E-state index contributed by atoms with van der Waals surface area (Å²) in [5, 5.41) is 29.0. The van der Waals surface area contributed by atoms with Gasteiger partial charge in [-0.2, -0.15) is 0 Å². The van der Waals surface area contributed by atoms with E-state index in [1.807, 2.05) is 12.2 Å². The Morgan fingerprint density at radius 3 is 2.89 bits per heavy atom. The van der Waals surface area contributed by atoms with E-state index in [4.69, 9.17) is 9.84 Å². The number of allylic oxidation sites excluding steroid dienone is 2. The van der Waals surface area contributed by atoms with E-state index < -0.39 is 12.1 Å². The van der Waals surface area contributed by atoms with E-state index in [0.29, 0.717) is 6.42 Å². The minimum absolute atomic E-state index is 0.129. The van der Waals surface area contributed by atoms with Crippen LogP contribution in [0.3, 0.4) is 0 Å². The van der Waals surface area contributed by atoms with Crippen molar-refractivity contribution in [1.82, 2.24) is 0 Å². The molecular weight excluding hydrogens is 364 g/mol. The number of carboxylic acids is 1. The van der Waals surface area contributed by atoms with Crippen LogP contribution in [0, 0.1) is 18.8 Å². The molecule has 1 heterocycles. The van der Waals surface area contributed by atoms with Crippen LogP contribution in [0.5, 0.6) is 0 Å². The first-order chi connectivity index (χ1) is 13.0. The average molecular weight is 395 g/mol. The normalized spacial score (nSPS) is 24.2. The summed E-state index contributed by atoms with van der Waals surface area (Å²) in [7, 11) is 0. The Morgan fingerprint density at radius 1 is 1.37 bits per heavy atom. The van der Waals surface area contributed by atoms with Gasteiger partial charge in [-0.1, -0.05) is 24.3 Å². The number of aliphatic hydroxyl groups is 2. The van der Waals surface area contributed by atoms with Crippen molar-refractivity contribution in [2.75, 3.05) is 13.2 Å². The van der Waals surface area contributed by atoms with E-state index in [9.17, 15) is 15.0 Å². The Hall–Kier alpha value is -1.47. The van der Waals surface area contributed by atoms with Crippen molar-refractivity contribution in [2.45, 2.75) is 51.2 Å². The predicted octanol–water partition coefficient (Wildman–Crippen LogP) is 3.34. The molecule has 0 radical (unpaired) electrons. The first kappa shape index (κ1) is 21.8. The summed E-state index contributed by atoms with van der Waals surface area (Å²) in [6.07, 6.45) is 10.9. The zero-order valence-electron chi connectivity index (χ0n) is 15.8. The zero-order valence-corrected chi connectivity index (χ0v) is 16.6. The number of hydrogen-bond donors (Lipinski definition) is 3. The van der Waals surface area contributed by atoms with Crippen LogP contribution in [0.4, 0.5) is 0 Å². The molecule has 150 valence electrons. The molecule has 1 unspecified atom stereocenters. The number of aliphatic carboxylic acids is 1. The Morgan fingerprint density at radius 2 is 2.19 bits per heavy atom. The third kappa shape index (κ3) is 7.97. The van der Waals surface area contributed by atoms with Crippen LogP contribution >= 0.6 is 11.3 Å². The Labute approximate surface area is 165 Å². The second kappa shape index (κ2) is 11.4. The van der Waals surface area contributed by atoms with E-state index in [0.717, 1.165) is 25.7 Å². The van der Waals surface area contributed by atoms with Crippen molar-refractivity contribution in [3.63, 3.8) is 0 Å². The fraction of sp³-hybridized carbons (Fsp3) is 0.571. The summed E-state index contributed by atoms with van der Waals surface area (Å²) in [5.74, 6) is -0.597. The van der Waals surface area contributed by atoms with E-state index in [1.165, 1.54) is 9.75 Å². The van der Waals surface area contributed by atoms with Crippen molar-refractivity contribution in [3.05, 3.63) is 46.2 Å². The van der Waals surface area contributed by atoms with Gasteiger partial charge < -0.3 is 20.1 Å². The highest BCUT2D eigenvalue weighted by Gasteiger charge is 2.32. The smallest absolute Gasteiger partial charge is 0.329 e. The van der Waals surface area contributed by atoms with Gasteiger partial charge in [0.15, 0.2) is 0 Å². The molecule has 1 fully saturated rings. The topological polar surface area (TPSA) is 87.0 Å². The molecule has 1 aromatic rings. The molecule has 1 aromatic heterocycles. The van der Waals surface area contributed by atoms with Crippen molar-refractivity contribution in [3.8, 4) is 0 Å². The lowest BCUT2D eigenvalue weighted by Gasteiger charge is -2.18. The van der Waals surface area contributed by atoms with Gasteiger partial charge in [-0.3, -0.25) is 0 Å². The molecule has 1 aliphatic carbocycles. The maximum absolute atomic E-state index is 10.4. The van der Waals surface area contributed by atoms with Crippen molar-refractivity contribution in [1.29, 1.82) is 0 Å². The van der Waals surface area contributed by atoms with Gasteiger partial charge in [0.2, 0.25) is 0 Å². The van der Waals surface area contributed by atoms with Crippen molar-refractivity contribution >= 4 is 17.3 Å². The van der Waals surface area contributed by atoms with Crippen LogP contribution in [-0.4, -0.2) is 46.7 Å². The van der Waals surface area contributed by atoms with E-state index in [-0.39, 0.29) is 31.2 Å². The van der Waals surface area contributed by atoms with Crippen LogP contribution in [-0.2, 0) is 16.0 Å². The van der Waals surface area contributed by atoms with Crippen molar-refractivity contribution in [2.24, 2.45) is 11.8 Å². The first-order valence-electron chi connectivity index (χ1n) is 9.50. The number of thiophene rings is 1. The summed E-state index contributed by atoms with van der Waals surface area (Å²) in [5.41, 5.74) is 0. The molecule has 0 bridgehead atoms. The lowest BCUT2D eigenvalue weighted by Crippen LogP contribution is -2.18. The lowest BCUT2D eigenvalue weighted by atomic mass is 9.90. The van der Waals surface area contributed by atoms with Gasteiger partial charge in [0.1, 0.15) is 6.61 Å². The summed E-state index contributed by atoms with van der Waals surface area (Å²) in [6.45, 7) is 2.05. The number of aliphatic hydroxyl groups excluding tert-OH is 2. The standard InChI is InChI=1S/C21H30O5S/c1-15-5-10-18(27-15)11-9-17(22)8-6-16-7-12-20(23)19(16)4-2-3-13-26-14-21(24)25/h2-3,5-6,8,10,16-17,19-20,22-23H,4,7,9,11-14H2,1H3,(H,24,25)/b3-2-,8-6+/t16-,17+,19+,20?/m0/s1. The molecule has 1 aliphatic rings. The van der Waals surface area contributed by atoms with Crippen LogP contribution < -0.4 is 0 Å². The second-order valence-corrected chi connectivity index (χ2v) is 8.46. The summed E-state index contributed by atoms with van der Waals surface area (Å²) in [6, 6.07) is 4.22. The molecule has 5 nitrogen and oxygen atoms in total. The number of ether oxygens (including phenoxy) is 1. The fourth-order valence-corrected chi connectivity index (χ4v) is 4.37. The molecule has 2 rings (SSSR count). The van der Waals surface area contributed by atoms with Gasteiger partial charge in [0.25, 0.3) is 0 Å². The summed E-state index contributed by atoms with van der Waals surface area (Å²) >= 11 is 1.77. The Bertz CT molecular complexity index is 636. The summed E-state index contributed by atoms with van der Waals surface area (Å²) < 4.78 is 4.96. The van der Waals surface area contributed by atoms with Crippen molar-refractivity contribution < 1.29 is 24.9 Å². The van der Waals surface area contributed by atoms with Gasteiger partial charge in [-0.15, -0.1) is 11.3 Å². The molecule has 0 amide bonds. The number of rotatable bonds is 11. The second-order valence-electron chi connectivity index (χ2n) is 7.09. The molecule has 0 spiro atoms. The first-order valence-corrected chi connectivity index (χ1v) is 10.3. The third-order valence-corrected chi connectivity index (χ3v) is 5.98. The zero-order chi connectivity index (χ0) is 19.6. The third-order valence-electron chi connectivity index (χ3n) is 4.92. The SMILES string of the molecule is Cc1ccc(CC[C@H](O)/C=C/[C@H]2CCC(O)[C@@H]2C/C=C\COCC(=O)O)s1. The van der Waals surface area contributed by atoms with Gasteiger partial charge >= 0.3 is 5.97 Å². The lowest BCUT2D eigenvalue weighted by molar-refractivity contribution is -0.141. The molecular formula is C21H30O5S. The highest BCUT2D eigenvalue weighted by Crippen LogP contribution is 2.36. The van der Waals surface area contributed by atoms with E-state index in [2.05, 4.69) is 25.1 Å². The molecule has 4 atom stereocenters. The monoisotopic (exact) mass is 394 g/mol. The predicted molar refractivity (Wildman–Crippen MR) is 107 cm³/mol.